The first-order valence-electron chi connectivity index (χ1n) is 11.0. The van der Waals surface area contributed by atoms with Crippen LogP contribution in [-0.4, -0.2) is 41.0 Å². The van der Waals surface area contributed by atoms with Gasteiger partial charge in [-0.3, -0.25) is 9.59 Å². The van der Waals surface area contributed by atoms with Gasteiger partial charge in [-0.25, -0.2) is 8.42 Å². The summed E-state index contributed by atoms with van der Waals surface area (Å²) in [6.07, 6.45) is -0.321. The monoisotopic (exact) mass is 494 g/mol. The van der Waals surface area contributed by atoms with Crippen LogP contribution in [0.4, 0.5) is 5.69 Å². The number of fused-ring (bicyclic) bond motifs is 1. The molecule has 0 spiro atoms. The average molecular weight is 495 g/mol. The van der Waals surface area contributed by atoms with Gasteiger partial charge in [-0.1, -0.05) is 48.5 Å². The zero-order chi connectivity index (χ0) is 25.0. The Hall–Kier alpha value is -3.85. The van der Waals surface area contributed by atoms with Gasteiger partial charge in [0.1, 0.15) is 6.54 Å². The van der Waals surface area contributed by atoms with Crippen LogP contribution in [0.3, 0.4) is 0 Å². The summed E-state index contributed by atoms with van der Waals surface area (Å²) in [5.74, 6) is -0.0415. The third-order valence-corrected chi connectivity index (χ3v) is 8.06. The number of rotatable bonds is 7. The maximum absolute atomic E-state index is 13.7. The highest BCUT2D eigenvalue weighted by atomic mass is 32.2. The Balaban J connectivity index is 1.66. The topological polar surface area (TPSA) is 102 Å². The van der Waals surface area contributed by atoms with Gasteiger partial charge >= 0.3 is 0 Å². The second-order valence-electron chi connectivity index (χ2n) is 8.06. The van der Waals surface area contributed by atoms with Gasteiger partial charge in [0.2, 0.25) is 11.8 Å². The van der Waals surface area contributed by atoms with Gasteiger partial charge < -0.3 is 19.7 Å². The molecule has 9 heteroatoms. The number of hydrogen-bond donors (Lipinski definition) is 1. The molecule has 3 aromatic rings. The fourth-order valence-corrected chi connectivity index (χ4v) is 6.02. The van der Waals surface area contributed by atoms with Crippen LogP contribution < -0.4 is 19.7 Å². The van der Waals surface area contributed by atoms with Crippen molar-refractivity contribution in [3.8, 4) is 11.5 Å². The molecule has 0 bridgehead atoms. The van der Waals surface area contributed by atoms with Crippen molar-refractivity contribution in [2.75, 3.05) is 25.7 Å². The first kappa shape index (κ1) is 24.3. The van der Waals surface area contributed by atoms with Crippen LogP contribution in [0.25, 0.3) is 0 Å². The first-order valence-corrected chi connectivity index (χ1v) is 12.6. The summed E-state index contributed by atoms with van der Waals surface area (Å²) in [5.41, 5.74) is 1.51. The molecule has 1 aliphatic heterocycles. The minimum Gasteiger partial charge on any atom is -0.493 e. The van der Waals surface area contributed by atoms with Crippen LogP contribution in [0.15, 0.2) is 77.7 Å². The number of para-hydroxylation sites is 1. The van der Waals surface area contributed by atoms with E-state index in [0.717, 1.165) is 5.56 Å². The molecule has 182 valence electrons. The molecule has 0 unspecified atom stereocenters. The quantitative estimate of drug-likeness (QED) is 0.541. The van der Waals surface area contributed by atoms with Crippen LogP contribution in [0.2, 0.25) is 0 Å². The van der Waals surface area contributed by atoms with Crippen molar-refractivity contribution in [3.63, 3.8) is 0 Å². The number of benzene rings is 3. The molecular weight excluding hydrogens is 468 g/mol. The number of sulfone groups is 1. The second kappa shape index (κ2) is 10.2. The van der Waals surface area contributed by atoms with Gasteiger partial charge in [0.15, 0.2) is 21.3 Å². The third-order valence-electron chi connectivity index (χ3n) is 5.91. The second-order valence-corrected chi connectivity index (χ2v) is 10.2. The van der Waals surface area contributed by atoms with Crippen molar-refractivity contribution < 1.29 is 27.5 Å². The molecule has 1 atom stereocenters. The molecule has 2 amide bonds. The molecule has 35 heavy (non-hydrogen) atoms. The van der Waals surface area contributed by atoms with E-state index in [0.29, 0.717) is 23.6 Å². The lowest BCUT2D eigenvalue weighted by Crippen LogP contribution is -2.40. The maximum atomic E-state index is 13.7. The number of carbonyl (C=O) groups excluding carboxylic acids is 2. The first-order chi connectivity index (χ1) is 16.8. The lowest BCUT2D eigenvalue weighted by atomic mass is 10.1. The van der Waals surface area contributed by atoms with E-state index in [4.69, 9.17) is 9.47 Å². The summed E-state index contributed by atoms with van der Waals surface area (Å²) in [4.78, 5) is 27.3. The number of amides is 2. The Kier molecular flexibility index (Phi) is 7.07. The number of methoxy groups -OCH3 is 2. The van der Waals surface area contributed by atoms with E-state index in [9.17, 15) is 18.0 Å². The van der Waals surface area contributed by atoms with Gasteiger partial charge in [-0.05, 0) is 35.4 Å². The van der Waals surface area contributed by atoms with Crippen molar-refractivity contribution >= 4 is 27.3 Å². The predicted octanol–water partition coefficient (Wildman–Crippen LogP) is 3.27. The zero-order valence-electron chi connectivity index (χ0n) is 19.4. The summed E-state index contributed by atoms with van der Waals surface area (Å²) >= 11 is 0. The van der Waals surface area contributed by atoms with Crippen LogP contribution in [0, 0.1) is 0 Å². The van der Waals surface area contributed by atoms with E-state index in [1.807, 2.05) is 30.3 Å². The van der Waals surface area contributed by atoms with Crippen molar-refractivity contribution in [1.82, 2.24) is 5.32 Å². The maximum Gasteiger partial charge on any atom is 0.240 e. The molecule has 1 N–H and O–H groups in total. The number of ether oxygens (including phenoxy) is 2. The lowest BCUT2D eigenvalue weighted by molar-refractivity contribution is -0.124. The summed E-state index contributed by atoms with van der Waals surface area (Å²) in [5, 5.41) is 1.65. The van der Waals surface area contributed by atoms with E-state index < -0.39 is 21.0 Å². The lowest BCUT2D eigenvalue weighted by Gasteiger charge is -2.21. The molecule has 3 aromatic carbocycles. The summed E-state index contributed by atoms with van der Waals surface area (Å²) in [6.45, 7) is 0.00672. The molecule has 0 aliphatic carbocycles. The Morgan fingerprint density at radius 3 is 2.37 bits per heavy atom. The van der Waals surface area contributed by atoms with E-state index in [-0.39, 0.29) is 29.5 Å². The molecule has 0 saturated carbocycles. The van der Waals surface area contributed by atoms with Crippen LogP contribution >= 0.6 is 0 Å². The molecule has 0 aromatic heterocycles. The minimum absolute atomic E-state index is 0.00138. The van der Waals surface area contributed by atoms with Crippen LogP contribution in [0.1, 0.15) is 22.8 Å². The Morgan fingerprint density at radius 1 is 0.971 bits per heavy atom. The van der Waals surface area contributed by atoms with Gasteiger partial charge in [-0.15, -0.1) is 0 Å². The Morgan fingerprint density at radius 2 is 1.66 bits per heavy atom. The van der Waals surface area contributed by atoms with Crippen molar-refractivity contribution in [2.45, 2.75) is 23.1 Å². The highest BCUT2D eigenvalue weighted by Gasteiger charge is 2.40. The molecule has 0 saturated heterocycles. The predicted molar refractivity (Wildman–Crippen MR) is 131 cm³/mol. The normalized spacial score (nSPS) is 16.7. The fraction of sp³-hybridized carbons (Fsp3) is 0.231. The number of nitrogens with zero attached hydrogens (tertiary/aromatic N) is 1. The van der Waals surface area contributed by atoms with Crippen molar-refractivity contribution in [3.05, 3.63) is 83.9 Å². The molecule has 1 aliphatic rings. The summed E-state index contributed by atoms with van der Waals surface area (Å²) in [7, 11) is -1.02. The van der Waals surface area contributed by atoms with Gasteiger partial charge in [0.05, 0.1) is 30.1 Å². The SMILES string of the molecule is COc1ccc([C@@H]2CC(=O)N(CC(=O)NCc3ccccc3)c3ccccc3S2(=O)=O)cc1OC. The number of anilines is 1. The molecule has 0 fully saturated rings. The van der Waals surface area contributed by atoms with E-state index in [2.05, 4.69) is 5.32 Å². The van der Waals surface area contributed by atoms with E-state index >= 15 is 0 Å². The highest BCUT2D eigenvalue weighted by molar-refractivity contribution is 7.92. The number of hydrogen-bond acceptors (Lipinski definition) is 6. The summed E-state index contributed by atoms with van der Waals surface area (Å²) in [6, 6.07) is 20.4. The van der Waals surface area contributed by atoms with Gasteiger partial charge in [0, 0.05) is 13.0 Å². The average Bonchev–Trinajstić information content (AvgIpc) is 2.96. The van der Waals surface area contributed by atoms with Crippen LogP contribution in [0.5, 0.6) is 11.5 Å². The molecule has 8 nitrogen and oxygen atoms in total. The summed E-state index contributed by atoms with van der Waals surface area (Å²) < 4.78 is 38.0. The largest absolute Gasteiger partial charge is 0.493 e. The molecule has 1 heterocycles. The zero-order valence-corrected chi connectivity index (χ0v) is 20.2. The fourth-order valence-electron chi connectivity index (χ4n) is 4.11. The molecule has 0 radical (unpaired) electrons. The molecular formula is C26H26N2O6S. The van der Waals surface area contributed by atoms with Crippen LogP contribution in [-0.2, 0) is 26.0 Å². The Bertz CT molecular complexity index is 1340. The molecule has 4 rings (SSSR count). The third kappa shape index (κ3) is 5.00. The smallest absolute Gasteiger partial charge is 0.240 e. The van der Waals surface area contributed by atoms with E-state index in [1.54, 1.807) is 36.4 Å². The van der Waals surface area contributed by atoms with Crippen molar-refractivity contribution in [2.24, 2.45) is 0 Å². The van der Waals surface area contributed by atoms with Gasteiger partial charge in [0.25, 0.3) is 0 Å². The van der Waals surface area contributed by atoms with Gasteiger partial charge in [-0.2, -0.15) is 0 Å². The number of carbonyl (C=O) groups is 2. The Labute approximate surface area is 204 Å². The standard InChI is InChI=1S/C26H26N2O6S/c1-33-21-13-12-19(14-22(21)34-2)24-15-26(30)28(20-10-6-7-11-23(20)35(24,31)32)17-25(29)27-16-18-8-4-3-5-9-18/h3-14,24H,15-17H2,1-2H3,(H,27,29)/t24-/m0/s1. The minimum atomic E-state index is -3.96. The number of nitrogens with one attached hydrogen (secondary N) is 1. The highest BCUT2D eigenvalue weighted by Crippen LogP contribution is 2.42. The van der Waals surface area contributed by atoms with Crippen molar-refractivity contribution in [1.29, 1.82) is 0 Å². The van der Waals surface area contributed by atoms with E-state index in [1.165, 1.54) is 25.2 Å².